The maximum Gasteiger partial charge on any atom is 0.258 e. The standard InChI is InChI=1S/C18H20F3N3O5S/c1-23(2)7-8-24(11-17(25)22-26)30(27,28)14-9-15(20)18(16(21)10-14)29-13-5-3-12(19)4-6-13/h3-6,9-10,26H,7-8,11H2,1-2H3,(H,22,25). The van der Waals surface area contributed by atoms with Crippen molar-refractivity contribution in [2.24, 2.45) is 0 Å². The van der Waals surface area contributed by atoms with Gasteiger partial charge in [0.2, 0.25) is 10.0 Å². The molecule has 2 aromatic carbocycles. The second-order valence-corrected chi connectivity index (χ2v) is 8.39. The van der Waals surface area contributed by atoms with Gasteiger partial charge in [0.25, 0.3) is 5.91 Å². The zero-order valence-corrected chi connectivity index (χ0v) is 16.9. The van der Waals surface area contributed by atoms with E-state index in [4.69, 9.17) is 9.94 Å². The van der Waals surface area contributed by atoms with Gasteiger partial charge in [-0.25, -0.2) is 27.1 Å². The number of hydrogen-bond acceptors (Lipinski definition) is 6. The normalized spacial score (nSPS) is 11.7. The summed E-state index contributed by atoms with van der Waals surface area (Å²) in [5.74, 6) is -5.14. The van der Waals surface area contributed by atoms with Crippen LogP contribution < -0.4 is 10.2 Å². The third-order valence-electron chi connectivity index (χ3n) is 3.88. The number of hydroxylamine groups is 1. The molecule has 0 aliphatic carbocycles. The largest absolute Gasteiger partial charge is 0.451 e. The minimum atomic E-state index is -4.49. The highest BCUT2D eigenvalue weighted by Gasteiger charge is 2.29. The van der Waals surface area contributed by atoms with Crippen LogP contribution in [0.5, 0.6) is 11.5 Å². The van der Waals surface area contributed by atoms with E-state index in [2.05, 4.69) is 0 Å². The highest BCUT2D eigenvalue weighted by Crippen LogP contribution is 2.31. The Morgan fingerprint density at radius 2 is 1.63 bits per heavy atom. The molecule has 2 N–H and O–H groups in total. The molecule has 0 bridgehead atoms. The van der Waals surface area contributed by atoms with Gasteiger partial charge in [-0.2, -0.15) is 4.31 Å². The van der Waals surface area contributed by atoms with Gasteiger partial charge in [0.05, 0.1) is 11.4 Å². The maximum atomic E-state index is 14.5. The van der Waals surface area contributed by atoms with Gasteiger partial charge in [-0.05, 0) is 50.5 Å². The van der Waals surface area contributed by atoms with Crippen molar-refractivity contribution in [1.82, 2.24) is 14.7 Å². The second kappa shape index (κ2) is 9.89. The van der Waals surface area contributed by atoms with E-state index in [0.717, 1.165) is 24.3 Å². The first-order valence-corrected chi connectivity index (χ1v) is 9.99. The number of sulfonamides is 1. The number of benzene rings is 2. The van der Waals surface area contributed by atoms with E-state index in [9.17, 15) is 26.4 Å². The van der Waals surface area contributed by atoms with Gasteiger partial charge in [0.15, 0.2) is 17.4 Å². The monoisotopic (exact) mass is 447 g/mol. The molecule has 2 rings (SSSR count). The van der Waals surface area contributed by atoms with Crippen molar-refractivity contribution in [2.75, 3.05) is 33.7 Å². The summed E-state index contributed by atoms with van der Waals surface area (Å²) in [6.07, 6.45) is 0. The summed E-state index contributed by atoms with van der Waals surface area (Å²) in [6, 6.07) is 5.45. The van der Waals surface area contributed by atoms with Crippen LogP contribution in [-0.4, -0.2) is 62.5 Å². The molecular weight excluding hydrogens is 427 g/mol. The lowest BCUT2D eigenvalue weighted by Gasteiger charge is -2.23. The quantitative estimate of drug-likeness (QED) is 0.450. The fourth-order valence-electron chi connectivity index (χ4n) is 2.34. The van der Waals surface area contributed by atoms with Crippen molar-refractivity contribution in [3.05, 3.63) is 53.8 Å². The van der Waals surface area contributed by atoms with E-state index < -0.39 is 50.6 Å². The molecule has 0 unspecified atom stereocenters. The first-order chi connectivity index (χ1) is 14.0. The van der Waals surface area contributed by atoms with Crippen molar-refractivity contribution in [3.8, 4) is 11.5 Å². The van der Waals surface area contributed by atoms with Crippen molar-refractivity contribution >= 4 is 15.9 Å². The number of likely N-dealkylation sites (N-methyl/N-ethyl adjacent to an activating group) is 1. The highest BCUT2D eigenvalue weighted by molar-refractivity contribution is 7.89. The average Bonchev–Trinajstić information content (AvgIpc) is 2.68. The molecule has 12 heteroatoms. The molecule has 0 aromatic heterocycles. The average molecular weight is 447 g/mol. The van der Waals surface area contributed by atoms with E-state index in [-0.39, 0.29) is 18.8 Å². The topological polar surface area (TPSA) is 99.2 Å². The molecule has 0 aliphatic heterocycles. The molecule has 0 saturated heterocycles. The maximum absolute atomic E-state index is 14.5. The third-order valence-corrected chi connectivity index (χ3v) is 5.71. The lowest BCUT2D eigenvalue weighted by molar-refractivity contribution is -0.129. The lowest BCUT2D eigenvalue weighted by Crippen LogP contribution is -2.42. The number of ether oxygens (including phenoxy) is 1. The fraction of sp³-hybridized carbons (Fsp3) is 0.278. The minimum Gasteiger partial charge on any atom is -0.451 e. The summed E-state index contributed by atoms with van der Waals surface area (Å²) in [5.41, 5.74) is 1.32. The Morgan fingerprint density at radius 1 is 1.07 bits per heavy atom. The molecule has 0 aliphatic rings. The number of nitrogens with one attached hydrogen (secondary N) is 1. The van der Waals surface area contributed by atoms with Crippen LogP contribution in [-0.2, 0) is 14.8 Å². The van der Waals surface area contributed by atoms with Gasteiger partial charge in [0.1, 0.15) is 11.6 Å². The first-order valence-electron chi connectivity index (χ1n) is 8.55. The number of nitrogens with zero attached hydrogens (tertiary/aromatic N) is 2. The first kappa shape index (κ1) is 23.6. The van der Waals surface area contributed by atoms with Crippen LogP contribution in [0, 0.1) is 17.5 Å². The van der Waals surface area contributed by atoms with Crippen molar-refractivity contribution in [1.29, 1.82) is 0 Å². The lowest BCUT2D eigenvalue weighted by atomic mass is 10.3. The van der Waals surface area contributed by atoms with E-state index in [0.29, 0.717) is 16.4 Å². The van der Waals surface area contributed by atoms with E-state index in [1.807, 2.05) is 0 Å². The Labute approximate surface area is 171 Å². The van der Waals surface area contributed by atoms with Crippen LogP contribution in [0.1, 0.15) is 0 Å². The number of carbonyl (C=O) groups is 1. The zero-order valence-electron chi connectivity index (χ0n) is 16.1. The summed E-state index contributed by atoms with van der Waals surface area (Å²) in [7, 11) is -1.16. The molecule has 0 radical (unpaired) electrons. The fourth-order valence-corrected chi connectivity index (χ4v) is 3.76. The Bertz CT molecular complexity index is 978. The van der Waals surface area contributed by atoms with Crippen LogP contribution in [0.25, 0.3) is 0 Å². The Hall–Kier alpha value is -2.67. The highest BCUT2D eigenvalue weighted by atomic mass is 32.2. The molecule has 164 valence electrons. The van der Waals surface area contributed by atoms with Gasteiger partial charge in [-0.1, -0.05) is 0 Å². The Morgan fingerprint density at radius 3 is 2.13 bits per heavy atom. The van der Waals surface area contributed by atoms with Crippen molar-refractivity contribution < 1.29 is 36.3 Å². The number of halogens is 3. The van der Waals surface area contributed by atoms with E-state index >= 15 is 0 Å². The molecule has 8 nitrogen and oxygen atoms in total. The predicted octanol–water partition coefficient (Wildman–Crippen LogP) is 1.95. The SMILES string of the molecule is CN(C)CCN(CC(=O)NO)S(=O)(=O)c1cc(F)c(Oc2ccc(F)cc2)c(F)c1. The summed E-state index contributed by atoms with van der Waals surface area (Å²) < 4.78 is 73.3. The number of rotatable bonds is 9. The number of hydrogen-bond donors (Lipinski definition) is 2. The number of amides is 1. The van der Waals surface area contributed by atoms with Crippen LogP contribution in [0.15, 0.2) is 41.3 Å². The van der Waals surface area contributed by atoms with Gasteiger partial charge in [-0.3, -0.25) is 10.0 Å². The summed E-state index contributed by atoms with van der Waals surface area (Å²) in [5, 5.41) is 8.69. The molecular formula is C18H20F3N3O5S. The van der Waals surface area contributed by atoms with E-state index in [1.54, 1.807) is 19.0 Å². The summed E-state index contributed by atoms with van der Waals surface area (Å²) in [4.78, 5) is 12.4. The minimum absolute atomic E-state index is 0.0583. The Balaban J connectivity index is 2.37. The molecule has 0 saturated carbocycles. The second-order valence-electron chi connectivity index (χ2n) is 6.45. The van der Waals surface area contributed by atoms with Crippen LogP contribution in [0.3, 0.4) is 0 Å². The van der Waals surface area contributed by atoms with E-state index in [1.165, 1.54) is 5.48 Å². The zero-order chi connectivity index (χ0) is 22.5. The Kier molecular flexibility index (Phi) is 7.78. The number of carbonyl (C=O) groups excluding carboxylic acids is 1. The van der Waals surface area contributed by atoms with Crippen molar-refractivity contribution in [3.63, 3.8) is 0 Å². The van der Waals surface area contributed by atoms with Crippen LogP contribution in [0.4, 0.5) is 13.2 Å². The van der Waals surface area contributed by atoms with Crippen molar-refractivity contribution in [2.45, 2.75) is 4.90 Å². The molecule has 0 spiro atoms. The predicted molar refractivity (Wildman–Crippen MR) is 100 cm³/mol. The molecule has 2 aromatic rings. The molecule has 30 heavy (non-hydrogen) atoms. The van der Waals surface area contributed by atoms with Gasteiger partial charge in [0, 0.05) is 13.1 Å². The molecule has 0 heterocycles. The van der Waals surface area contributed by atoms with Gasteiger partial charge in [-0.15, -0.1) is 0 Å². The van der Waals surface area contributed by atoms with Crippen LogP contribution >= 0.6 is 0 Å². The van der Waals surface area contributed by atoms with Crippen LogP contribution in [0.2, 0.25) is 0 Å². The summed E-state index contributed by atoms with van der Waals surface area (Å²) >= 11 is 0. The molecule has 0 fully saturated rings. The summed E-state index contributed by atoms with van der Waals surface area (Å²) in [6.45, 7) is -0.738. The third kappa shape index (κ3) is 5.92. The van der Waals surface area contributed by atoms with Gasteiger partial charge < -0.3 is 9.64 Å². The smallest absolute Gasteiger partial charge is 0.258 e. The van der Waals surface area contributed by atoms with Gasteiger partial charge >= 0.3 is 0 Å². The molecule has 0 atom stereocenters. The molecule has 1 amide bonds.